The van der Waals surface area contributed by atoms with Crippen molar-refractivity contribution in [2.45, 2.75) is 12.6 Å². The highest BCUT2D eigenvalue weighted by molar-refractivity contribution is 6.31. The van der Waals surface area contributed by atoms with Gasteiger partial charge < -0.3 is 10.2 Å². The second-order valence-electron chi connectivity index (χ2n) is 5.92. The molecule has 1 aliphatic heterocycles. The van der Waals surface area contributed by atoms with Gasteiger partial charge >= 0.3 is 6.18 Å². The Morgan fingerprint density at radius 2 is 1.85 bits per heavy atom. The molecule has 8 heteroatoms. The van der Waals surface area contributed by atoms with Crippen molar-refractivity contribution in [1.82, 2.24) is 0 Å². The first-order valence-corrected chi connectivity index (χ1v) is 8.16. The number of rotatable bonds is 3. The Hall–Kier alpha value is -2.54. The number of carbonyl (C=O) groups is 2. The van der Waals surface area contributed by atoms with Crippen LogP contribution >= 0.6 is 11.6 Å². The lowest BCUT2D eigenvalue weighted by molar-refractivity contribution is -0.137. The van der Waals surface area contributed by atoms with Gasteiger partial charge in [0.15, 0.2) is 0 Å². The predicted octanol–water partition coefficient (Wildman–Crippen LogP) is 4.35. The largest absolute Gasteiger partial charge is 0.417 e. The van der Waals surface area contributed by atoms with Crippen LogP contribution in [-0.4, -0.2) is 18.4 Å². The molecule has 1 fully saturated rings. The molecular weight excluding hydrogens is 369 g/mol. The van der Waals surface area contributed by atoms with E-state index in [1.165, 1.54) is 11.0 Å². The van der Waals surface area contributed by atoms with Crippen LogP contribution < -0.4 is 10.2 Å². The van der Waals surface area contributed by atoms with E-state index in [2.05, 4.69) is 5.32 Å². The normalized spacial score (nSPS) is 17.5. The topological polar surface area (TPSA) is 49.4 Å². The molecule has 0 radical (unpaired) electrons. The number of halogens is 4. The number of carbonyl (C=O) groups excluding carboxylic acids is 2. The number of benzene rings is 2. The molecule has 1 N–H and O–H groups in total. The Bertz CT molecular complexity index is 840. The van der Waals surface area contributed by atoms with Gasteiger partial charge in [0, 0.05) is 24.3 Å². The highest BCUT2D eigenvalue weighted by Crippen LogP contribution is 2.36. The third kappa shape index (κ3) is 3.83. The van der Waals surface area contributed by atoms with Crippen LogP contribution in [0.5, 0.6) is 0 Å². The molecule has 0 unspecified atom stereocenters. The minimum atomic E-state index is -4.62. The van der Waals surface area contributed by atoms with E-state index in [-0.39, 0.29) is 24.6 Å². The summed E-state index contributed by atoms with van der Waals surface area (Å²) in [4.78, 5) is 26.0. The molecule has 0 aliphatic carbocycles. The van der Waals surface area contributed by atoms with Crippen molar-refractivity contribution < 1.29 is 22.8 Å². The van der Waals surface area contributed by atoms with Crippen LogP contribution in [0.3, 0.4) is 0 Å². The summed E-state index contributed by atoms with van der Waals surface area (Å²) in [5.74, 6) is -1.36. The first kappa shape index (κ1) is 18.3. The van der Waals surface area contributed by atoms with Crippen LogP contribution in [0.4, 0.5) is 24.5 Å². The number of hydrogen-bond donors (Lipinski definition) is 1. The fourth-order valence-corrected chi connectivity index (χ4v) is 3.03. The lowest BCUT2D eigenvalue weighted by Crippen LogP contribution is -2.28. The predicted molar refractivity (Wildman–Crippen MR) is 92.0 cm³/mol. The Labute approximate surface area is 152 Å². The summed E-state index contributed by atoms with van der Waals surface area (Å²) in [6.45, 7) is 0.175. The van der Waals surface area contributed by atoms with Gasteiger partial charge in [0.05, 0.1) is 16.5 Å². The zero-order valence-electron chi connectivity index (χ0n) is 13.4. The van der Waals surface area contributed by atoms with Crippen LogP contribution in [-0.2, 0) is 15.8 Å². The number of hydrogen-bond acceptors (Lipinski definition) is 2. The van der Waals surface area contributed by atoms with Crippen molar-refractivity contribution in [3.63, 3.8) is 0 Å². The van der Waals surface area contributed by atoms with E-state index in [9.17, 15) is 22.8 Å². The van der Waals surface area contributed by atoms with Gasteiger partial charge in [0.25, 0.3) is 0 Å². The molecule has 2 aromatic rings. The van der Waals surface area contributed by atoms with Gasteiger partial charge in [0.2, 0.25) is 11.8 Å². The fourth-order valence-electron chi connectivity index (χ4n) is 2.81. The standard InChI is InChI=1S/C18H14ClF3N2O2/c19-15-7-6-12(9-14(15)18(20,21)22)23-17(26)11-8-16(25)24(10-11)13-4-2-1-3-5-13/h1-7,9,11H,8,10H2,(H,23,26)/t11-/m0/s1. The first-order valence-electron chi connectivity index (χ1n) is 7.79. The molecule has 1 aliphatic rings. The molecule has 2 amide bonds. The van der Waals surface area contributed by atoms with Crippen molar-refractivity contribution in [3.8, 4) is 0 Å². The quantitative estimate of drug-likeness (QED) is 0.858. The molecule has 2 aromatic carbocycles. The number of nitrogens with zero attached hydrogens (tertiary/aromatic N) is 1. The van der Waals surface area contributed by atoms with Gasteiger partial charge in [-0.25, -0.2) is 0 Å². The van der Waals surface area contributed by atoms with Crippen molar-refractivity contribution >= 4 is 34.8 Å². The lowest BCUT2D eigenvalue weighted by atomic mass is 10.1. The molecule has 0 saturated carbocycles. The van der Waals surface area contributed by atoms with Crippen LogP contribution in [0.1, 0.15) is 12.0 Å². The molecule has 0 spiro atoms. The van der Waals surface area contributed by atoms with Crippen LogP contribution in [0.2, 0.25) is 5.02 Å². The lowest BCUT2D eigenvalue weighted by Gasteiger charge is -2.17. The van der Waals surface area contributed by atoms with Crippen LogP contribution in [0, 0.1) is 5.92 Å². The fraction of sp³-hybridized carbons (Fsp3) is 0.222. The van der Waals surface area contributed by atoms with E-state index in [0.29, 0.717) is 5.69 Å². The summed E-state index contributed by atoms with van der Waals surface area (Å²) in [5, 5.41) is 2.00. The molecule has 136 valence electrons. The zero-order valence-corrected chi connectivity index (χ0v) is 14.1. The second kappa shape index (κ2) is 6.99. The van der Waals surface area contributed by atoms with Gasteiger partial charge in [-0.15, -0.1) is 0 Å². The minimum Gasteiger partial charge on any atom is -0.326 e. The number of amides is 2. The Balaban J connectivity index is 1.72. The summed E-state index contributed by atoms with van der Waals surface area (Å²) in [7, 11) is 0. The van der Waals surface area contributed by atoms with E-state index >= 15 is 0 Å². The molecule has 4 nitrogen and oxygen atoms in total. The molecule has 1 heterocycles. The number of anilines is 2. The SMILES string of the molecule is O=C(Nc1ccc(Cl)c(C(F)(F)F)c1)[C@H]1CC(=O)N(c2ccccc2)C1. The van der Waals surface area contributed by atoms with Crippen molar-refractivity contribution in [2.75, 3.05) is 16.8 Å². The van der Waals surface area contributed by atoms with Gasteiger partial charge in [-0.2, -0.15) is 13.2 Å². The maximum Gasteiger partial charge on any atom is 0.417 e. The molecule has 26 heavy (non-hydrogen) atoms. The van der Waals surface area contributed by atoms with E-state index in [0.717, 1.165) is 12.1 Å². The summed E-state index contributed by atoms with van der Waals surface area (Å²) in [5.41, 5.74) is -0.360. The Morgan fingerprint density at radius 1 is 1.15 bits per heavy atom. The second-order valence-corrected chi connectivity index (χ2v) is 6.33. The molecule has 0 aromatic heterocycles. The minimum absolute atomic E-state index is 0.000442. The maximum absolute atomic E-state index is 12.9. The Kier molecular flexibility index (Phi) is 4.91. The smallest absolute Gasteiger partial charge is 0.326 e. The highest BCUT2D eigenvalue weighted by Gasteiger charge is 2.36. The van der Waals surface area contributed by atoms with Gasteiger partial charge in [-0.1, -0.05) is 29.8 Å². The number of alkyl halides is 3. The molecule has 0 bridgehead atoms. The average molecular weight is 383 g/mol. The highest BCUT2D eigenvalue weighted by atomic mass is 35.5. The number of para-hydroxylation sites is 1. The maximum atomic E-state index is 12.9. The zero-order chi connectivity index (χ0) is 18.9. The summed E-state index contributed by atoms with van der Waals surface area (Å²) >= 11 is 5.57. The molecule has 1 saturated heterocycles. The van der Waals surface area contributed by atoms with Gasteiger partial charge in [-0.05, 0) is 30.3 Å². The van der Waals surface area contributed by atoms with Crippen molar-refractivity contribution in [1.29, 1.82) is 0 Å². The van der Waals surface area contributed by atoms with Gasteiger partial charge in [-0.3, -0.25) is 9.59 Å². The van der Waals surface area contributed by atoms with Crippen molar-refractivity contribution in [2.24, 2.45) is 5.92 Å². The monoisotopic (exact) mass is 382 g/mol. The first-order chi connectivity index (χ1) is 12.3. The summed E-state index contributed by atoms with van der Waals surface area (Å²) < 4.78 is 38.7. The summed E-state index contributed by atoms with van der Waals surface area (Å²) in [6.07, 6.45) is -4.62. The molecule has 1 atom stereocenters. The third-order valence-corrected chi connectivity index (χ3v) is 4.43. The number of nitrogens with one attached hydrogen (secondary N) is 1. The molecule has 3 rings (SSSR count). The molecular formula is C18H14ClF3N2O2. The van der Waals surface area contributed by atoms with Gasteiger partial charge in [0.1, 0.15) is 0 Å². The Morgan fingerprint density at radius 3 is 2.50 bits per heavy atom. The van der Waals surface area contributed by atoms with E-state index in [1.54, 1.807) is 24.3 Å². The van der Waals surface area contributed by atoms with Crippen LogP contribution in [0.25, 0.3) is 0 Å². The van der Waals surface area contributed by atoms with Crippen molar-refractivity contribution in [3.05, 3.63) is 59.1 Å². The van der Waals surface area contributed by atoms with Crippen LogP contribution in [0.15, 0.2) is 48.5 Å². The third-order valence-electron chi connectivity index (χ3n) is 4.10. The van der Waals surface area contributed by atoms with E-state index in [1.807, 2.05) is 6.07 Å². The summed E-state index contributed by atoms with van der Waals surface area (Å²) in [6, 6.07) is 12.0. The van der Waals surface area contributed by atoms with E-state index in [4.69, 9.17) is 11.6 Å². The average Bonchev–Trinajstić information content (AvgIpc) is 2.98. The van der Waals surface area contributed by atoms with E-state index < -0.39 is 28.6 Å².